The minimum Gasteiger partial charge on any atom is -0.310 e. The van der Waals surface area contributed by atoms with Crippen molar-refractivity contribution in [2.24, 2.45) is 16.7 Å². The summed E-state index contributed by atoms with van der Waals surface area (Å²) in [4.78, 5) is 16.4. The van der Waals surface area contributed by atoms with E-state index < -0.39 is 0 Å². The third kappa shape index (κ3) is 2.13. The molecule has 1 aromatic heterocycles. The molecule has 0 unspecified atom stereocenters. The maximum absolute atomic E-state index is 12.3. The monoisotopic (exact) mass is 272 g/mol. The zero-order valence-corrected chi connectivity index (χ0v) is 12.2. The zero-order chi connectivity index (χ0) is 15.1. The summed E-state index contributed by atoms with van der Waals surface area (Å²) in [5, 5.41) is 17.3. The second-order valence-electron chi connectivity index (χ2n) is 6.36. The van der Waals surface area contributed by atoms with Gasteiger partial charge in [-0.05, 0) is 23.0 Å². The van der Waals surface area contributed by atoms with E-state index in [1.807, 2.05) is 0 Å². The summed E-state index contributed by atoms with van der Waals surface area (Å²) >= 11 is 0. The molecule has 1 saturated carbocycles. The van der Waals surface area contributed by atoms with Crippen LogP contribution in [-0.4, -0.2) is 22.8 Å². The lowest BCUT2D eigenvalue weighted by atomic mass is 10.0. The van der Waals surface area contributed by atoms with Gasteiger partial charge in [0.25, 0.3) is 0 Å². The van der Waals surface area contributed by atoms with Gasteiger partial charge in [0.1, 0.15) is 5.82 Å². The van der Waals surface area contributed by atoms with Gasteiger partial charge in [-0.15, -0.1) is 0 Å². The van der Waals surface area contributed by atoms with Crippen molar-refractivity contribution in [1.82, 2.24) is 4.98 Å². The number of aromatic nitrogens is 1. The average Bonchev–Trinajstić information content (AvgIpc) is 2.79. The summed E-state index contributed by atoms with van der Waals surface area (Å²) in [6.45, 7) is 8.39. The van der Waals surface area contributed by atoms with Crippen LogP contribution in [0.4, 0.5) is 5.82 Å². The van der Waals surface area contributed by atoms with Crippen LogP contribution in [0.2, 0.25) is 0 Å². The normalized spacial score (nSPS) is 19.2. The van der Waals surface area contributed by atoms with Gasteiger partial charge in [0.2, 0.25) is 5.91 Å². The van der Waals surface area contributed by atoms with Gasteiger partial charge in [-0.2, -0.15) is 0 Å². The lowest BCUT2D eigenvalue weighted by molar-refractivity contribution is -0.118. The molecule has 5 heteroatoms. The van der Waals surface area contributed by atoms with E-state index in [-0.39, 0.29) is 28.4 Å². The topological polar surface area (TPSA) is 89.7 Å². The lowest BCUT2D eigenvalue weighted by Gasteiger charge is -2.06. The summed E-state index contributed by atoms with van der Waals surface area (Å²) < 4.78 is 0. The molecule has 1 aliphatic rings. The van der Waals surface area contributed by atoms with Crippen molar-refractivity contribution < 1.29 is 4.79 Å². The fraction of sp³-hybridized carbons (Fsp3) is 0.467. The highest BCUT2D eigenvalue weighted by Crippen LogP contribution is 2.68. The van der Waals surface area contributed by atoms with E-state index in [1.165, 1.54) is 6.20 Å². The van der Waals surface area contributed by atoms with Crippen molar-refractivity contribution in [2.75, 3.05) is 5.32 Å². The summed E-state index contributed by atoms with van der Waals surface area (Å²) in [7, 11) is 0. The van der Waals surface area contributed by atoms with Crippen LogP contribution >= 0.6 is 0 Å². The van der Waals surface area contributed by atoms with Crippen molar-refractivity contribution in [1.29, 1.82) is 10.8 Å². The first kappa shape index (κ1) is 14.4. The Morgan fingerprint density at radius 2 is 1.90 bits per heavy atom. The van der Waals surface area contributed by atoms with E-state index in [0.717, 1.165) is 6.21 Å². The van der Waals surface area contributed by atoms with Crippen LogP contribution in [0.1, 0.15) is 33.3 Å². The van der Waals surface area contributed by atoms with Gasteiger partial charge < -0.3 is 10.7 Å². The SMILES string of the molecule is CC1(C)C(C(=O)Nc2ccc(C(=N)C=N)cn2)C1(C)C. The standard InChI is InChI=1S/C15H20N4O/c1-14(2)12(15(14,3)4)13(20)19-11-6-5-9(8-18-11)10(17)7-16/h5-8,12,16-17H,1-4H3,(H,18,19,20). The molecule has 3 N–H and O–H groups in total. The first-order valence-corrected chi connectivity index (χ1v) is 6.58. The fourth-order valence-electron chi connectivity index (χ4n) is 2.76. The Hall–Kier alpha value is -2.04. The van der Waals surface area contributed by atoms with Crippen LogP contribution in [0.15, 0.2) is 18.3 Å². The molecule has 1 heterocycles. The highest BCUT2D eigenvalue weighted by Gasteiger charge is 2.68. The number of hydrogen-bond acceptors (Lipinski definition) is 4. The molecule has 0 aliphatic heterocycles. The molecule has 1 fully saturated rings. The molecule has 1 aromatic rings. The Kier molecular flexibility index (Phi) is 3.24. The number of nitrogens with zero attached hydrogens (tertiary/aromatic N) is 1. The number of rotatable bonds is 4. The van der Waals surface area contributed by atoms with Gasteiger partial charge >= 0.3 is 0 Å². The van der Waals surface area contributed by atoms with Crippen LogP contribution in [-0.2, 0) is 4.79 Å². The maximum atomic E-state index is 12.3. The predicted octanol–water partition coefficient (Wildman–Crippen LogP) is 2.72. The molecule has 1 amide bonds. The molecule has 5 nitrogen and oxygen atoms in total. The minimum atomic E-state index is -0.0173. The number of nitrogens with one attached hydrogen (secondary N) is 3. The van der Waals surface area contributed by atoms with Gasteiger partial charge in [-0.25, -0.2) is 4.98 Å². The molecule has 0 radical (unpaired) electrons. The molecule has 20 heavy (non-hydrogen) atoms. The third-order valence-corrected chi connectivity index (χ3v) is 4.75. The number of hydrogen-bond donors (Lipinski definition) is 3. The van der Waals surface area contributed by atoms with Crippen LogP contribution in [0.3, 0.4) is 0 Å². The molecule has 2 rings (SSSR count). The van der Waals surface area contributed by atoms with E-state index in [4.69, 9.17) is 10.8 Å². The lowest BCUT2D eigenvalue weighted by Crippen LogP contribution is -2.18. The fourth-order valence-corrected chi connectivity index (χ4v) is 2.76. The Bertz CT molecular complexity index is 558. The Labute approximate surface area is 118 Å². The number of carbonyl (C=O) groups is 1. The van der Waals surface area contributed by atoms with Gasteiger partial charge in [0.05, 0.1) is 5.71 Å². The van der Waals surface area contributed by atoms with Gasteiger partial charge in [-0.3, -0.25) is 10.2 Å². The minimum absolute atomic E-state index is 0.000666. The van der Waals surface area contributed by atoms with Crippen molar-refractivity contribution in [3.05, 3.63) is 23.9 Å². The van der Waals surface area contributed by atoms with Gasteiger partial charge in [0.15, 0.2) is 0 Å². The summed E-state index contributed by atoms with van der Waals surface area (Å²) in [5.41, 5.74) is 0.656. The second-order valence-corrected chi connectivity index (χ2v) is 6.36. The van der Waals surface area contributed by atoms with E-state index in [1.54, 1.807) is 12.1 Å². The molecule has 0 spiro atoms. The quantitative estimate of drug-likeness (QED) is 0.735. The van der Waals surface area contributed by atoms with E-state index >= 15 is 0 Å². The average molecular weight is 272 g/mol. The molecule has 106 valence electrons. The summed E-state index contributed by atoms with van der Waals surface area (Å²) in [5.74, 6) is 0.453. The molecule has 0 saturated heterocycles. The third-order valence-electron chi connectivity index (χ3n) is 4.75. The van der Waals surface area contributed by atoms with Crippen molar-refractivity contribution in [2.45, 2.75) is 27.7 Å². The van der Waals surface area contributed by atoms with Crippen LogP contribution in [0, 0.1) is 27.6 Å². The number of pyridine rings is 1. The number of anilines is 1. The number of carbonyl (C=O) groups excluding carboxylic acids is 1. The summed E-state index contributed by atoms with van der Waals surface area (Å²) in [6, 6.07) is 3.34. The van der Waals surface area contributed by atoms with Crippen molar-refractivity contribution in [3.8, 4) is 0 Å². The molecular weight excluding hydrogens is 252 g/mol. The highest BCUT2D eigenvalue weighted by molar-refractivity contribution is 6.35. The Balaban J connectivity index is 2.07. The van der Waals surface area contributed by atoms with Crippen LogP contribution in [0.25, 0.3) is 0 Å². The highest BCUT2D eigenvalue weighted by atomic mass is 16.2. The Morgan fingerprint density at radius 1 is 1.30 bits per heavy atom. The second kappa shape index (κ2) is 4.51. The van der Waals surface area contributed by atoms with Crippen molar-refractivity contribution in [3.63, 3.8) is 0 Å². The molecular formula is C15H20N4O. The number of amides is 1. The first-order valence-electron chi connectivity index (χ1n) is 6.58. The maximum Gasteiger partial charge on any atom is 0.229 e. The molecule has 0 bridgehead atoms. The molecule has 0 aromatic carbocycles. The van der Waals surface area contributed by atoms with Gasteiger partial charge in [0, 0.05) is 23.9 Å². The summed E-state index contributed by atoms with van der Waals surface area (Å²) in [6.07, 6.45) is 2.46. The van der Waals surface area contributed by atoms with E-state index in [0.29, 0.717) is 11.4 Å². The Morgan fingerprint density at radius 3 is 2.30 bits per heavy atom. The first-order chi connectivity index (χ1) is 9.21. The predicted molar refractivity (Wildman–Crippen MR) is 79.5 cm³/mol. The zero-order valence-electron chi connectivity index (χ0n) is 12.2. The van der Waals surface area contributed by atoms with E-state index in [2.05, 4.69) is 38.0 Å². The smallest absolute Gasteiger partial charge is 0.229 e. The van der Waals surface area contributed by atoms with Crippen molar-refractivity contribution >= 4 is 23.7 Å². The van der Waals surface area contributed by atoms with Gasteiger partial charge in [-0.1, -0.05) is 27.7 Å². The largest absolute Gasteiger partial charge is 0.310 e. The van der Waals surface area contributed by atoms with Crippen LogP contribution < -0.4 is 5.32 Å². The molecule has 0 atom stereocenters. The van der Waals surface area contributed by atoms with Crippen LogP contribution in [0.5, 0.6) is 0 Å². The van der Waals surface area contributed by atoms with E-state index in [9.17, 15) is 4.79 Å². The molecule has 1 aliphatic carbocycles.